The minimum Gasteiger partial charge on any atom is -0.460 e. The lowest BCUT2D eigenvalue weighted by molar-refractivity contribution is -0.172. The maximum absolute atomic E-state index is 13.4. The second kappa shape index (κ2) is 12.7. The zero-order valence-corrected chi connectivity index (χ0v) is 23.9. The zero-order valence-electron chi connectivity index (χ0n) is 23.2. The summed E-state index contributed by atoms with van der Waals surface area (Å²) < 4.78 is 18.1. The van der Waals surface area contributed by atoms with Gasteiger partial charge in [0.1, 0.15) is 17.2 Å². The number of benzene rings is 1. The van der Waals surface area contributed by atoms with Gasteiger partial charge in [0.2, 0.25) is 5.91 Å². The third kappa shape index (κ3) is 7.62. The van der Waals surface area contributed by atoms with E-state index in [2.05, 4.69) is 10.3 Å². The first-order valence-corrected chi connectivity index (χ1v) is 13.3. The maximum atomic E-state index is 13.4. The Bertz CT molecular complexity index is 1370. The molecule has 2 atom stereocenters. The minimum atomic E-state index is -0.898. The van der Waals surface area contributed by atoms with Crippen molar-refractivity contribution in [3.63, 3.8) is 0 Å². The summed E-state index contributed by atoms with van der Waals surface area (Å²) in [6.07, 6.45) is 0.521. The fraction of sp³-hybridized carbons (Fsp3) is 0.464. The molecule has 0 bridgehead atoms. The molecule has 0 saturated carbocycles. The van der Waals surface area contributed by atoms with Gasteiger partial charge in [0.25, 0.3) is 5.56 Å². The van der Waals surface area contributed by atoms with Crippen LogP contribution in [0.4, 0.5) is 5.69 Å². The molecular formula is C28H37ClN4O6. The largest absolute Gasteiger partial charge is 0.460 e. The summed E-state index contributed by atoms with van der Waals surface area (Å²) in [6, 6.07) is 7.07. The monoisotopic (exact) mass is 560 g/mol. The van der Waals surface area contributed by atoms with Crippen LogP contribution in [0.25, 0.3) is 22.2 Å². The number of H-pyrrole nitrogens is 1. The van der Waals surface area contributed by atoms with E-state index in [1.807, 2.05) is 6.07 Å². The quantitative estimate of drug-likeness (QED) is 0.179. The average Bonchev–Trinajstić information content (AvgIpc) is 3.29. The summed E-state index contributed by atoms with van der Waals surface area (Å²) in [7, 11) is 0. The van der Waals surface area contributed by atoms with E-state index in [1.54, 1.807) is 72.0 Å². The predicted octanol–water partition coefficient (Wildman–Crippen LogP) is 4.41. The Morgan fingerprint density at radius 3 is 2.38 bits per heavy atom. The molecule has 11 heteroatoms. The first kappa shape index (κ1) is 30.2. The highest BCUT2D eigenvalue weighted by Crippen LogP contribution is 2.28. The Morgan fingerprint density at radius 2 is 1.79 bits per heavy atom. The molecule has 0 aliphatic rings. The molecule has 0 aliphatic heterocycles. The summed E-state index contributed by atoms with van der Waals surface area (Å²) in [5.41, 5.74) is 7.00. The number of amides is 1. The molecule has 39 heavy (non-hydrogen) atoms. The zero-order chi connectivity index (χ0) is 28.9. The Morgan fingerprint density at radius 1 is 1.13 bits per heavy atom. The summed E-state index contributed by atoms with van der Waals surface area (Å²) in [5.74, 6) is -0.989. The average molecular weight is 561 g/mol. The molecule has 2 heterocycles. The van der Waals surface area contributed by atoms with Gasteiger partial charge in [-0.05, 0) is 71.4 Å². The number of pyridine rings is 1. The van der Waals surface area contributed by atoms with Crippen LogP contribution in [0.3, 0.4) is 0 Å². The number of ether oxygens (including phenoxy) is 3. The number of carbonyl (C=O) groups excluding carboxylic acids is 2. The van der Waals surface area contributed by atoms with Gasteiger partial charge in [-0.1, -0.05) is 17.7 Å². The number of nitrogens with zero attached hydrogens (tertiary/aromatic N) is 1. The van der Waals surface area contributed by atoms with Gasteiger partial charge in [-0.2, -0.15) is 0 Å². The molecule has 1 amide bonds. The van der Waals surface area contributed by atoms with E-state index in [1.165, 1.54) is 4.57 Å². The van der Waals surface area contributed by atoms with E-state index in [0.29, 0.717) is 40.5 Å². The molecule has 4 N–H and O–H groups in total. The number of esters is 1. The number of rotatable bonds is 11. The van der Waals surface area contributed by atoms with E-state index >= 15 is 0 Å². The number of fused-ring (bicyclic) bond motifs is 1. The molecule has 212 valence electrons. The van der Waals surface area contributed by atoms with Crippen LogP contribution in [0.5, 0.6) is 0 Å². The molecule has 1 aromatic carbocycles. The van der Waals surface area contributed by atoms with Crippen molar-refractivity contribution in [2.45, 2.75) is 71.9 Å². The Hall–Kier alpha value is -3.34. The number of aromatic amines is 1. The number of nitrogens with two attached hydrogens (primary N) is 1. The number of hydrogen-bond acceptors (Lipinski definition) is 7. The standard InChI is InChI=1S/C28H37ClN4O6/c1-7-37-27(38-8-2)22(15-23(34)39-28(4,5)6)32-25(35)16(3)33-12-11-18-14-21(31-24(18)26(33)36)17-9-10-20(30)19(29)13-17/h9-14,16,22,27,31H,7-8,15,30H2,1-6H3,(H,32,35)/t16?,22-/m0/s1. The third-order valence-electron chi connectivity index (χ3n) is 5.94. The van der Waals surface area contributed by atoms with Crippen LogP contribution in [-0.4, -0.2) is 52.6 Å². The van der Waals surface area contributed by atoms with Crippen LogP contribution < -0.4 is 16.6 Å². The molecule has 0 saturated heterocycles. The number of halogens is 1. The summed E-state index contributed by atoms with van der Waals surface area (Å²) >= 11 is 6.17. The molecule has 2 aromatic heterocycles. The van der Waals surface area contributed by atoms with Crippen molar-refractivity contribution in [2.24, 2.45) is 0 Å². The Labute approximate surface area is 232 Å². The Balaban J connectivity index is 1.87. The highest BCUT2D eigenvalue weighted by atomic mass is 35.5. The smallest absolute Gasteiger partial charge is 0.308 e. The third-order valence-corrected chi connectivity index (χ3v) is 6.27. The van der Waals surface area contributed by atoms with E-state index < -0.39 is 35.9 Å². The van der Waals surface area contributed by atoms with Gasteiger partial charge in [-0.15, -0.1) is 0 Å². The number of aromatic nitrogens is 2. The molecule has 10 nitrogen and oxygen atoms in total. The number of nitrogen functional groups attached to an aromatic ring is 1. The lowest BCUT2D eigenvalue weighted by Crippen LogP contribution is -2.50. The van der Waals surface area contributed by atoms with E-state index in [0.717, 1.165) is 5.56 Å². The van der Waals surface area contributed by atoms with Crippen LogP contribution in [0.2, 0.25) is 5.02 Å². The van der Waals surface area contributed by atoms with Crippen molar-refractivity contribution < 1.29 is 23.8 Å². The van der Waals surface area contributed by atoms with Crippen molar-refractivity contribution >= 4 is 40.1 Å². The van der Waals surface area contributed by atoms with Crippen molar-refractivity contribution in [1.29, 1.82) is 0 Å². The normalized spacial score (nSPS) is 13.4. The van der Waals surface area contributed by atoms with Gasteiger partial charge in [-0.3, -0.25) is 14.4 Å². The fourth-order valence-corrected chi connectivity index (χ4v) is 4.29. The van der Waals surface area contributed by atoms with Crippen molar-refractivity contribution in [3.8, 4) is 11.3 Å². The highest BCUT2D eigenvalue weighted by Gasteiger charge is 2.31. The van der Waals surface area contributed by atoms with Gasteiger partial charge >= 0.3 is 5.97 Å². The van der Waals surface area contributed by atoms with Gasteiger partial charge in [0.05, 0.1) is 23.2 Å². The molecule has 1 unspecified atom stereocenters. The van der Waals surface area contributed by atoms with Gasteiger partial charge in [0.15, 0.2) is 6.29 Å². The summed E-state index contributed by atoms with van der Waals surface area (Å²) in [5, 5.41) is 3.93. The van der Waals surface area contributed by atoms with Gasteiger partial charge < -0.3 is 34.8 Å². The second-order valence-electron chi connectivity index (χ2n) is 10.1. The molecule has 0 spiro atoms. The van der Waals surface area contributed by atoms with Crippen LogP contribution >= 0.6 is 11.6 Å². The van der Waals surface area contributed by atoms with Crippen LogP contribution in [-0.2, 0) is 23.8 Å². The Kier molecular flexibility index (Phi) is 9.82. The van der Waals surface area contributed by atoms with Crippen molar-refractivity contribution in [1.82, 2.24) is 14.9 Å². The van der Waals surface area contributed by atoms with E-state index in [4.69, 9.17) is 31.5 Å². The first-order valence-electron chi connectivity index (χ1n) is 12.9. The van der Waals surface area contributed by atoms with Crippen LogP contribution in [0.15, 0.2) is 41.3 Å². The fourth-order valence-electron chi connectivity index (χ4n) is 4.11. The number of hydrogen-bond donors (Lipinski definition) is 3. The van der Waals surface area contributed by atoms with Crippen LogP contribution in [0, 0.1) is 0 Å². The lowest BCUT2D eigenvalue weighted by atomic mass is 10.1. The highest BCUT2D eigenvalue weighted by molar-refractivity contribution is 6.33. The van der Waals surface area contributed by atoms with Crippen LogP contribution in [0.1, 0.15) is 54.0 Å². The molecule has 0 aliphatic carbocycles. The first-order chi connectivity index (χ1) is 18.3. The molecule has 3 aromatic rings. The topological polar surface area (TPSA) is 138 Å². The number of anilines is 1. The maximum Gasteiger partial charge on any atom is 0.308 e. The van der Waals surface area contributed by atoms with E-state index in [-0.39, 0.29) is 12.0 Å². The molecule has 0 radical (unpaired) electrons. The lowest BCUT2D eigenvalue weighted by Gasteiger charge is -2.29. The SMILES string of the molecule is CCOC(OCC)[C@H](CC(=O)OC(C)(C)C)NC(=O)C(C)n1ccc2cc(-c3ccc(N)c(Cl)c3)[nH]c2c1=O. The predicted molar refractivity (Wildman–Crippen MR) is 152 cm³/mol. The van der Waals surface area contributed by atoms with Gasteiger partial charge in [0, 0.05) is 30.5 Å². The summed E-state index contributed by atoms with van der Waals surface area (Å²) in [6.45, 7) is 11.1. The molecule has 3 rings (SSSR count). The second-order valence-corrected chi connectivity index (χ2v) is 10.5. The molecular weight excluding hydrogens is 524 g/mol. The minimum absolute atomic E-state index is 0.168. The van der Waals surface area contributed by atoms with Gasteiger partial charge in [-0.25, -0.2) is 0 Å². The number of carbonyl (C=O) groups is 2. The van der Waals surface area contributed by atoms with Crippen molar-refractivity contribution in [3.05, 3.63) is 51.9 Å². The van der Waals surface area contributed by atoms with E-state index in [9.17, 15) is 14.4 Å². The van der Waals surface area contributed by atoms with Crippen molar-refractivity contribution in [2.75, 3.05) is 18.9 Å². The summed E-state index contributed by atoms with van der Waals surface area (Å²) in [4.78, 5) is 42.5. The molecule has 0 fully saturated rings. The number of nitrogens with one attached hydrogen (secondary N) is 2.